The molecule has 1 heterocycles. The van der Waals surface area contributed by atoms with Gasteiger partial charge in [-0.15, -0.1) is 0 Å². The first-order valence-corrected chi connectivity index (χ1v) is 7.71. The molecule has 0 aromatic heterocycles. The Kier molecular flexibility index (Phi) is 5.40. The number of carboxylic acids is 1. The lowest BCUT2D eigenvalue weighted by atomic mass is 10.1. The number of urea groups is 1. The number of hydrogen-bond acceptors (Lipinski definition) is 4. The second-order valence-electron chi connectivity index (χ2n) is 5.94. The Balaban J connectivity index is 1.98. The fourth-order valence-electron chi connectivity index (χ4n) is 2.33. The van der Waals surface area contributed by atoms with E-state index in [0.717, 1.165) is 19.8 Å². The third-order valence-electron chi connectivity index (χ3n) is 3.79. The van der Waals surface area contributed by atoms with Crippen LogP contribution in [0.2, 0.25) is 0 Å². The van der Waals surface area contributed by atoms with Gasteiger partial charge >= 0.3 is 12.0 Å². The summed E-state index contributed by atoms with van der Waals surface area (Å²) >= 11 is 0. The number of benzene rings is 1. The van der Waals surface area contributed by atoms with Crippen LogP contribution in [0.1, 0.15) is 26.2 Å². The molecule has 0 radical (unpaired) electrons. The second kappa shape index (κ2) is 7.31. The zero-order valence-corrected chi connectivity index (χ0v) is 13.4. The van der Waals surface area contributed by atoms with E-state index in [4.69, 9.17) is 5.11 Å². The first-order valence-electron chi connectivity index (χ1n) is 7.71. The van der Waals surface area contributed by atoms with E-state index in [0.29, 0.717) is 24.3 Å². The second-order valence-corrected chi connectivity index (χ2v) is 5.94. The minimum atomic E-state index is -2.04. The maximum atomic E-state index is 11.9. The number of carbonyl (C=O) groups is 3. The Morgan fingerprint density at radius 3 is 2.75 bits per heavy atom. The minimum absolute atomic E-state index is 0.0559. The average Bonchev–Trinajstić information content (AvgIpc) is 2.53. The van der Waals surface area contributed by atoms with E-state index in [9.17, 15) is 19.5 Å². The zero-order valence-electron chi connectivity index (χ0n) is 13.4. The highest BCUT2D eigenvalue weighted by Crippen LogP contribution is 2.23. The average molecular weight is 335 g/mol. The summed E-state index contributed by atoms with van der Waals surface area (Å²) in [5.74, 6) is -1.37. The molecule has 1 aliphatic heterocycles. The first-order chi connectivity index (χ1) is 11.3. The number of nitrogens with one attached hydrogen (secondary N) is 2. The topological polar surface area (TPSA) is 119 Å². The normalized spacial score (nSPS) is 17.1. The maximum Gasteiger partial charge on any atom is 0.337 e. The summed E-state index contributed by atoms with van der Waals surface area (Å²) in [5, 5.41) is 23.2. The molecule has 0 bridgehead atoms. The molecule has 1 aliphatic rings. The molecule has 1 unspecified atom stereocenters. The van der Waals surface area contributed by atoms with Crippen molar-refractivity contribution in [3.63, 3.8) is 0 Å². The lowest BCUT2D eigenvalue weighted by Gasteiger charge is -2.27. The Morgan fingerprint density at radius 1 is 1.33 bits per heavy atom. The molecule has 0 spiro atoms. The quantitative estimate of drug-likeness (QED) is 0.644. The van der Waals surface area contributed by atoms with Crippen LogP contribution in [-0.4, -0.2) is 46.8 Å². The minimum Gasteiger partial charge on any atom is -0.479 e. The smallest absolute Gasteiger partial charge is 0.337 e. The van der Waals surface area contributed by atoms with Crippen LogP contribution in [0, 0.1) is 0 Å². The van der Waals surface area contributed by atoms with Crippen LogP contribution in [0.4, 0.5) is 16.2 Å². The van der Waals surface area contributed by atoms with Crippen LogP contribution in [0.5, 0.6) is 0 Å². The predicted octanol–water partition coefficient (Wildman–Crippen LogP) is 1.16. The summed E-state index contributed by atoms with van der Waals surface area (Å²) in [7, 11) is 0. The van der Waals surface area contributed by atoms with Crippen molar-refractivity contribution >= 4 is 29.3 Å². The molecule has 8 heteroatoms. The summed E-state index contributed by atoms with van der Waals surface area (Å²) in [4.78, 5) is 36.2. The fourth-order valence-corrected chi connectivity index (χ4v) is 2.33. The number of hydrogen-bond donors (Lipinski definition) is 4. The van der Waals surface area contributed by atoms with Crippen LogP contribution in [0.3, 0.4) is 0 Å². The molecule has 1 aromatic carbocycles. The molecule has 1 aromatic rings. The Labute approximate surface area is 139 Å². The Morgan fingerprint density at radius 2 is 2.08 bits per heavy atom. The monoisotopic (exact) mass is 335 g/mol. The van der Waals surface area contributed by atoms with Gasteiger partial charge in [-0.3, -0.25) is 4.79 Å². The number of amides is 3. The predicted molar refractivity (Wildman–Crippen MR) is 87.9 cm³/mol. The molecular formula is C16H21N3O5. The van der Waals surface area contributed by atoms with E-state index in [-0.39, 0.29) is 5.91 Å². The van der Waals surface area contributed by atoms with Gasteiger partial charge in [0.2, 0.25) is 5.91 Å². The molecular weight excluding hydrogens is 314 g/mol. The number of nitrogens with zero attached hydrogens (tertiary/aromatic N) is 1. The number of carboxylic acid groups (broad SMARTS) is 1. The lowest BCUT2D eigenvalue weighted by Crippen LogP contribution is -2.47. The standard InChI is InChI=1S/C16H21N3O5/c1-16(24,14(21)22)10-17-15(23)18-11-5-4-6-12(9-11)19-8-3-2-7-13(19)20/h4-6,9,24H,2-3,7-8,10H2,1H3,(H,21,22)(H2,17,18,23). The number of rotatable bonds is 5. The zero-order chi connectivity index (χ0) is 17.7. The van der Waals surface area contributed by atoms with Gasteiger partial charge < -0.3 is 25.7 Å². The molecule has 0 saturated carbocycles. The third-order valence-corrected chi connectivity index (χ3v) is 3.79. The highest BCUT2D eigenvalue weighted by atomic mass is 16.4. The fraction of sp³-hybridized carbons (Fsp3) is 0.438. The number of aliphatic carboxylic acids is 1. The van der Waals surface area contributed by atoms with E-state index in [1.165, 1.54) is 0 Å². The third kappa shape index (κ3) is 4.45. The van der Waals surface area contributed by atoms with Crippen LogP contribution >= 0.6 is 0 Å². The lowest BCUT2D eigenvalue weighted by molar-refractivity contribution is -0.155. The molecule has 130 valence electrons. The highest BCUT2D eigenvalue weighted by Gasteiger charge is 2.30. The van der Waals surface area contributed by atoms with Crippen molar-refractivity contribution in [2.24, 2.45) is 0 Å². The summed E-state index contributed by atoms with van der Waals surface area (Å²) in [6, 6.07) is 6.21. The van der Waals surface area contributed by atoms with Crippen molar-refractivity contribution in [1.29, 1.82) is 0 Å². The molecule has 8 nitrogen and oxygen atoms in total. The Hall–Kier alpha value is -2.61. The van der Waals surface area contributed by atoms with Crippen molar-refractivity contribution in [2.45, 2.75) is 31.8 Å². The van der Waals surface area contributed by atoms with Crippen LogP contribution in [0.25, 0.3) is 0 Å². The Bertz CT molecular complexity index is 644. The van der Waals surface area contributed by atoms with Crippen molar-refractivity contribution in [3.8, 4) is 0 Å². The largest absolute Gasteiger partial charge is 0.479 e. The van der Waals surface area contributed by atoms with E-state index in [1.807, 2.05) is 0 Å². The van der Waals surface area contributed by atoms with Gasteiger partial charge in [-0.05, 0) is 38.0 Å². The number of aliphatic hydroxyl groups is 1. The molecule has 24 heavy (non-hydrogen) atoms. The summed E-state index contributed by atoms with van der Waals surface area (Å²) in [6.45, 7) is 1.31. The summed E-state index contributed by atoms with van der Waals surface area (Å²) < 4.78 is 0. The van der Waals surface area contributed by atoms with Gasteiger partial charge in [0, 0.05) is 24.3 Å². The van der Waals surface area contributed by atoms with Crippen molar-refractivity contribution < 1.29 is 24.6 Å². The van der Waals surface area contributed by atoms with Crippen molar-refractivity contribution in [3.05, 3.63) is 24.3 Å². The molecule has 4 N–H and O–H groups in total. The van der Waals surface area contributed by atoms with Crippen molar-refractivity contribution in [2.75, 3.05) is 23.3 Å². The van der Waals surface area contributed by atoms with Crippen LogP contribution in [-0.2, 0) is 9.59 Å². The van der Waals surface area contributed by atoms with Gasteiger partial charge in [-0.2, -0.15) is 0 Å². The summed E-state index contributed by atoms with van der Waals surface area (Å²) in [5.41, 5.74) is -0.868. The van der Waals surface area contributed by atoms with Crippen LogP contribution < -0.4 is 15.5 Å². The molecule has 1 fully saturated rings. The van der Waals surface area contributed by atoms with Gasteiger partial charge in [0.05, 0.1) is 6.54 Å². The summed E-state index contributed by atoms with van der Waals surface area (Å²) in [6.07, 6.45) is 2.34. The van der Waals surface area contributed by atoms with Gasteiger partial charge in [-0.1, -0.05) is 6.07 Å². The van der Waals surface area contributed by atoms with Gasteiger partial charge in [-0.25, -0.2) is 9.59 Å². The molecule has 1 atom stereocenters. The molecule has 2 rings (SSSR count). The number of piperidine rings is 1. The van der Waals surface area contributed by atoms with E-state index in [1.54, 1.807) is 29.2 Å². The van der Waals surface area contributed by atoms with Gasteiger partial charge in [0.25, 0.3) is 0 Å². The molecule has 0 aliphatic carbocycles. The van der Waals surface area contributed by atoms with Gasteiger partial charge in [0.15, 0.2) is 5.60 Å². The number of carbonyl (C=O) groups excluding carboxylic acids is 2. The SMILES string of the molecule is CC(O)(CNC(=O)Nc1cccc(N2CCCCC2=O)c1)C(=O)O. The first kappa shape index (κ1) is 17.7. The maximum absolute atomic E-state index is 11.9. The van der Waals surface area contributed by atoms with E-state index < -0.39 is 24.1 Å². The van der Waals surface area contributed by atoms with Gasteiger partial charge in [0.1, 0.15) is 0 Å². The molecule has 1 saturated heterocycles. The van der Waals surface area contributed by atoms with E-state index in [2.05, 4.69) is 10.6 Å². The number of anilines is 2. The van der Waals surface area contributed by atoms with Crippen molar-refractivity contribution in [1.82, 2.24) is 5.32 Å². The van der Waals surface area contributed by atoms with E-state index >= 15 is 0 Å². The van der Waals surface area contributed by atoms with Crippen LogP contribution in [0.15, 0.2) is 24.3 Å². The molecule has 3 amide bonds. The highest BCUT2D eigenvalue weighted by molar-refractivity contribution is 5.95.